The number of hydrogen-bond acceptors (Lipinski definition) is 2. The van der Waals surface area contributed by atoms with Gasteiger partial charge in [-0.3, -0.25) is 9.69 Å². The molecular formula is C14H20N2O. The number of nitrogens with zero attached hydrogens (tertiary/aromatic N) is 1. The predicted octanol–water partition coefficient (Wildman–Crippen LogP) is 1.69. The van der Waals surface area contributed by atoms with Gasteiger partial charge in [0.05, 0.1) is 5.92 Å². The molecule has 2 N–H and O–H groups in total. The maximum absolute atomic E-state index is 11.2. The second-order valence-electron chi connectivity index (χ2n) is 4.96. The summed E-state index contributed by atoms with van der Waals surface area (Å²) in [5.74, 6) is -0.118. The fourth-order valence-corrected chi connectivity index (χ4v) is 2.38. The zero-order valence-electron chi connectivity index (χ0n) is 10.4. The lowest BCUT2D eigenvalue weighted by Crippen LogP contribution is -2.40. The van der Waals surface area contributed by atoms with E-state index >= 15 is 0 Å². The Morgan fingerprint density at radius 1 is 1.41 bits per heavy atom. The van der Waals surface area contributed by atoms with Gasteiger partial charge >= 0.3 is 0 Å². The maximum Gasteiger partial charge on any atom is 0.221 e. The highest BCUT2D eigenvalue weighted by Crippen LogP contribution is 2.18. The molecule has 1 saturated heterocycles. The average Bonchev–Trinajstić information content (AvgIpc) is 2.32. The van der Waals surface area contributed by atoms with Crippen LogP contribution in [0.2, 0.25) is 0 Å². The minimum absolute atomic E-state index is 0.0363. The van der Waals surface area contributed by atoms with E-state index in [1.807, 2.05) is 0 Å². The lowest BCUT2D eigenvalue weighted by atomic mass is 9.97. The molecule has 1 amide bonds. The number of nitrogens with two attached hydrogens (primary N) is 1. The third-order valence-electron chi connectivity index (χ3n) is 3.43. The minimum atomic E-state index is -0.154. The van der Waals surface area contributed by atoms with E-state index in [9.17, 15) is 4.79 Å². The Morgan fingerprint density at radius 3 is 2.76 bits per heavy atom. The van der Waals surface area contributed by atoms with Crippen LogP contribution in [0.25, 0.3) is 0 Å². The smallest absolute Gasteiger partial charge is 0.221 e. The van der Waals surface area contributed by atoms with Gasteiger partial charge in [-0.15, -0.1) is 0 Å². The van der Waals surface area contributed by atoms with Crippen molar-refractivity contribution in [2.45, 2.75) is 26.3 Å². The molecule has 1 fully saturated rings. The SMILES string of the molecule is Cc1ccc(CN2CCC[C@H](C(N)=O)C2)cc1. The summed E-state index contributed by atoms with van der Waals surface area (Å²) in [4.78, 5) is 13.5. The first kappa shape index (κ1) is 12.1. The Morgan fingerprint density at radius 2 is 2.12 bits per heavy atom. The molecule has 0 aliphatic carbocycles. The lowest BCUT2D eigenvalue weighted by molar-refractivity contribution is -0.123. The van der Waals surface area contributed by atoms with Gasteiger partial charge in [0.25, 0.3) is 0 Å². The van der Waals surface area contributed by atoms with Crippen molar-refractivity contribution in [1.82, 2.24) is 4.90 Å². The fourth-order valence-electron chi connectivity index (χ4n) is 2.38. The summed E-state index contributed by atoms with van der Waals surface area (Å²) < 4.78 is 0. The molecule has 1 aliphatic heterocycles. The van der Waals surface area contributed by atoms with Gasteiger partial charge in [-0.05, 0) is 31.9 Å². The van der Waals surface area contributed by atoms with Crippen molar-refractivity contribution in [3.05, 3.63) is 35.4 Å². The maximum atomic E-state index is 11.2. The van der Waals surface area contributed by atoms with Crippen molar-refractivity contribution in [2.75, 3.05) is 13.1 Å². The lowest BCUT2D eigenvalue weighted by Gasteiger charge is -2.31. The normalized spacial score (nSPS) is 21.4. The van der Waals surface area contributed by atoms with Crippen molar-refractivity contribution in [3.8, 4) is 0 Å². The van der Waals surface area contributed by atoms with Crippen LogP contribution in [0, 0.1) is 12.8 Å². The molecule has 1 aromatic rings. The Labute approximate surface area is 103 Å². The largest absolute Gasteiger partial charge is 0.369 e. The number of likely N-dealkylation sites (tertiary alicyclic amines) is 1. The Kier molecular flexibility index (Phi) is 3.79. The van der Waals surface area contributed by atoms with Crippen LogP contribution in [0.4, 0.5) is 0 Å². The van der Waals surface area contributed by atoms with E-state index in [4.69, 9.17) is 5.73 Å². The van der Waals surface area contributed by atoms with Crippen molar-refractivity contribution in [3.63, 3.8) is 0 Å². The predicted molar refractivity (Wildman–Crippen MR) is 68.4 cm³/mol. The second kappa shape index (κ2) is 5.32. The summed E-state index contributed by atoms with van der Waals surface area (Å²) in [5, 5.41) is 0. The summed E-state index contributed by atoms with van der Waals surface area (Å²) >= 11 is 0. The molecule has 1 atom stereocenters. The number of amides is 1. The quantitative estimate of drug-likeness (QED) is 0.862. The molecular weight excluding hydrogens is 212 g/mol. The number of aryl methyl sites for hydroxylation is 1. The average molecular weight is 232 g/mol. The molecule has 2 rings (SSSR count). The van der Waals surface area contributed by atoms with Crippen LogP contribution < -0.4 is 5.73 Å². The molecule has 0 saturated carbocycles. The van der Waals surface area contributed by atoms with Gasteiger partial charge in [0, 0.05) is 13.1 Å². The van der Waals surface area contributed by atoms with Gasteiger partial charge < -0.3 is 5.73 Å². The monoisotopic (exact) mass is 232 g/mol. The zero-order valence-corrected chi connectivity index (χ0v) is 10.4. The van der Waals surface area contributed by atoms with Gasteiger partial charge in [0.1, 0.15) is 0 Å². The molecule has 3 nitrogen and oxygen atoms in total. The van der Waals surface area contributed by atoms with Crippen LogP contribution in [-0.2, 0) is 11.3 Å². The van der Waals surface area contributed by atoms with Crippen molar-refractivity contribution in [2.24, 2.45) is 11.7 Å². The third-order valence-corrected chi connectivity index (χ3v) is 3.43. The van der Waals surface area contributed by atoms with Crippen LogP contribution in [0.3, 0.4) is 0 Å². The van der Waals surface area contributed by atoms with Crippen molar-refractivity contribution in [1.29, 1.82) is 0 Å². The van der Waals surface area contributed by atoms with Crippen LogP contribution in [0.1, 0.15) is 24.0 Å². The number of primary amides is 1. The van der Waals surface area contributed by atoms with Crippen LogP contribution in [-0.4, -0.2) is 23.9 Å². The van der Waals surface area contributed by atoms with E-state index in [1.165, 1.54) is 11.1 Å². The summed E-state index contributed by atoms with van der Waals surface area (Å²) in [5.41, 5.74) is 7.96. The van der Waals surface area contributed by atoms with E-state index in [2.05, 4.69) is 36.1 Å². The Bertz CT molecular complexity index is 386. The van der Waals surface area contributed by atoms with Gasteiger partial charge in [-0.1, -0.05) is 29.8 Å². The first-order chi connectivity index (χ1) is 8.15. The number of hydrogen-bond donors (Lipinski definition) is 1. The molecule has 0 aromatic heterocycles. The number of piperidine rings is 1. The minimum Gasteiger partial charge on any atom is -0.369 e. The summed E-state index contributed by atoms with van der Waals surface area (Å²) in [7, 11) is 0. The topological polar surface area (TPSA) is 46.3 Å². The van der Waals surface area contributed by atoms with Crippen molar-refractivity contribution < 1.29 is 4.79 Å². The van der Waals surface area contributed by atoms with E-state index in [1.54, 1.807) is 0 Å². The Hall–Kier alpha value is -1.35. The number of rotatable bonds is 3. The standard InChI is InChI=1S/C14H20N2O/c1-11-4-6-12(7-5-11)9-16-8-2-3-13(10-16)14(15)17/h4-7,13H,2-3,8-10H2,1H3,(H2,15,17)/t13-/m0/s1. The van der Waals surface area contributed by atoms with Gasteiger partial charge in [-0.25, -0.2) is 0 Å². The Balaban J connectivity index is 1.94. The molecule has 1 heterocycles. The first-order valence-electron chi connectivity index (χ1n) is 6.22. The highest BCUT2D eigenvalue weighted by atomic mass is 16.1. The summed E-state index contributed by atoms with van der Waals surface area (Å²) in [6.45, 7) is 4.89. The van der Waals surface area contributed by atoms with E-state index in [0.29, 0.717) is 0 Å². The molecule has 0 spiro atoms. The number of carbonyl (C=O) groups excluding carboxylic acids is 1. The van der Waals surface area contributed by atoms with Crippen LogP contribution in [0.5, 0.6) is 0 Å². The highest BCUT2D eigenvalue weighted by Gasteiger charge is 2.23. The van der Waals surface area contributed by atoms with E-state index in [-0.39, 0.29) is 11.8 Å². The number of carbonyl (C=O) groups is 1. The molecule has 0 unspecified atom stereocenters. The second-order valence-corrected chi connectivity index (χ2v) is 4.96. The van der Waals surface area contributed by atoms with Gasteiger partial charge in [0.2, 0.25) is 5.91 Å². The van der Waals surface area contributed by atoms with Crippen LogP contribution >= 0.6 is 0 Å². The summed E-state index contributed by atoms with van der Waals surface area (Å²) in [6.07, 6.45) is 2.01. The van der Waals surface area contributed by atoms with Gasteiger partial charge in [-0.2, -0.15) is 0 Å². The molecule has 1 aliphatic rings. The zero-order chi connectivity index (χ0) is 12.3. The molecule has 17 heavy (non-hydrogen) atoms. The summed E-state index contributed by atoms with van der Waals surface area (Å²) in [6, 6.07) is 8.57. The molecule has 3 heteroatoms. The van der Waals surface area contributed by atoms with Crippen LogP contribution in [0.15, 0.2) is 24.3 Å². The third kappa shape index (κ3) is 3.30. The van der Waals surface area contributed by atoms with Gasteiger partial charge in [0.15, 0.2) is 0 Å². The molecule has 92 valence electrons. The fraction of sp³-hybridized carbons (Fsp3) is 0.500. The van der Waals surface area contributed by atoms with Crippen molar-refractivity contribution >= 4 is 5.91 Å². The first-order valence-corrected chi connectivity index (χ1v) is 6.22. The molecule has 0 radical (unpaired) electrons. The highest BCUT2D eigenvalue weighted by molar-refractivity contribution is 5.76. The molecule has 0 bridgehead atoms. The van der Waals surface area contributed by atoms with E-state index in [0.717, 1.165) is 32.5 Å². The number of benzene rings is 1. The van der Waals surface area contributed by atoms with E-state index < -0.39 is 0 Å². The molecule has 1 aromatic carbocycles.